The Labute approximate surface area is 102 Å². The first-order valence-corrected chi connectivity index (χ1v) is 5.82. The molecule has 1 fully saturated rings. The lowest BCUT2D eigenvalue weighted by Gasteiger charge is -2.33. The van der Waals surface area contributed by atoms with E-state index in [1.165, 1.54) is 0 Å². The summed E-state index contributed by atoms with van der Waals surface area (Å²) in [6.07, 6.45) is 2.45. The van der Waals surface area contributed by atoms with E-state index in [2.05, 4.69) is 11.0 Å². The second-order valence-corrected chi connectivity index (χ2v) is 4.31. The number of methoxy groups -OCH3 is 1. The van der Waals surface area contributed by atoms with E-state index in [-0.39, 0.29) is 0 Å². The van der Waals surface area contributed by atoms with Crippen molar-refractivity contribution in [1.82, 2.24) is 0 Å². The summed E-state index contributed by atoms with van der Waals surface area (Å²) >= 11 is 0. The maximum Gasteiger partial charge on any atom is 0.101 e. The molecule has 17 heavy (non-hydrogen) atoms. The number of hydrogen-bond donors (Lipinski definition) is 1. The summed E-state index contributed by atoms with van der Waals surface area (Å²) in [5, 5.41) is 8.83. The van der Waals surface area contributed by atoms with Crippen LogP contribution >= 0.6 is 0 Å². The van der Waals surface area contributed by atoms with Crippen LogP contribution in [0.15, 0.2) is 18.2 Å². The molecule has 0 spiro atoms. The second-order valence-electron chi connectivity index (χ2n) is 4.31. The van der Waals surface area contributed by atoms with E-state index in [0.29, 0.717) is 17.4 Å². The predicted octanol–water partition coefficient (Wildman–Crippen LogP) is 1.76. The van der Waals surface area contributed by atoms with Gasteiger partial charge in [0.05, 0.1) is 17.4 Å². The van der Waals surface area contributed by atoms with E-state index >= 15 is 0 Å². The standard InChI is InChI=1S/C13H17N3O/c1-17-12-4-6-16(7-5-12)11-3-2-10(9-14)13(15)8-11/h2-3,8,12H,4-7,15H2,1H3. The monoisotopic (exact) mass is 231 g/mol. The van der Waals surface area contributed by atoms with Gasteiger partial charge in [0.1, 0.15) is 6.07 Å². The van der Waals surface area contributed by atoms with Crippen LogP contribution in [0, 0.1) is 11.3 Å². The number of nitriles is 1. The molecule has 0 amide bonds. The van der Waals surface area contributed by atoms with Crippen LogP contribution in [-0.2, 0) is 4.74 Å². The van der Waals surface area contributed by atoms with E-state index in [1.807, 2.05) is 12.1 Å². The third-order valence-corrected chi connectivity index (χ3v) is 3.30. The average Bonchev–Trinajstić information content (AvgIpc) is 2.39. The first-order valence-electron chi connectivity index (χ1n) is 5.82. The minimum Gasteiger partial charge on any atom is -0.398 e. The summed E-state index contributed by atoms with van der Waals surface area (Å²) in [6.45, 7) is 1.95. The summed E-state index contributed by atoms with van der Waals surface area (Å²) in [5.41, 5.74) is 8.01. The van der Waals surface area contributed by atoms with Gasteiger partial charge in [-0.25, -0.2) is 0 Å². The van der Waals surface area contributed by atoms with E-state index in [9.17, 15) is 0 Å². The number of nitrogens with zero attached hydrogens (tertiary/aromatic N) is 2. The molecule has 1 aliphatic rings. The van der Waals surface area contributed by atoms with Gasteiger partial charge in [0.15, 0.2) is 0 Å². The highest BCUT2D eigenvalue weighted by molar-refractivity contribution is 5.63. The molecule has 4 heteroatoms. The van der Waals surface area contributed by atoms with Crippen LogP contribution in [0.5, 0.6) is 0 Å². The molecular weight excluding hydrogens is 214 g/mol. The lowest BCUT2D eigenvalue weighted by Crippen LogP contribution is -2.36. The Balaban J connectivity index is 2.09. The van der Waals surface area contributed by atoms with Gasteiger partial charge in [0, 0.05) is 25.9 Å². The first-order chi connectivity index (χ1) is 8.24. The molecule has 1 saturated heterocycles. The van der Waals surface area contributed by atoms with Gasteiger partial charge in [-0.2, -0.15) is 5.26 Å². The van der Waals surface area contributed by atoms with Crippen molar-refractivity contribution >= 4 is 11.4 Å². The zero-order chi connectivity index (χ0) is 12.3. The zero-order valence-electron chi connectivity index (χ0n) is 10.0. The van der Waals surface area contributed by atoms with Crippen molar-refractivity contribution < 1.29 is 4.74 Å². The summed E-state index contributed by atoms with van der Waals surface area (Å²) in [6, 6.07) is 7.70. The van der Waals surface area contributed by atoms with Crippen LogP contribution in [-0.4, -0.2) is 26.3 Å². The number of nitrogens with two attached hydrogens (primary N) is 1. The third kappa shape index (κ3) is 2.51. The van der Waals surface area contributed by atoms with Crippen molar-refractivity contribution in [3.05, 3.63) is 23.8 Å². The fourth-order valence-electron chi connectivity index (χ4n) is 2.20. The zero-order valence-corrected chi connectivity index (χ0v) is 10.0. The van der Waals surface area contributed by atoms with Crippen LogP contribution in [0.2, 0.25) is 0 Å². The van der Waals surface area contributed by atoms with Crippen molar-refractivity contribution in [2.45, 2.75) is 18.9 Å². The maximum atomic E-state index is 8.83. The molecule has 0 bridgehead atoms. The van der Waals surface area contributed by atoms with Crippen LogP contribution in [0.4, 0.5) is 11.4 Å². The quantitative estimate of drug-likeness (QED) is 0.788. The van der Waals surface area contributed by atoms with Gasteiger partial charge in [0.2, 0.25) is 0 Å². The molecule has 1 heterocycles. The normalized spacial score (nSPS) is 16.8. The number of hydrogen-bond acceptors (Lipinski definition) is 4. The highest BCUT2D eigenvalue weighted by Crippen LogP contribution is 2.24. The van der Waals surface area contributed by atoms with Gasteiger partial charge >= 0.3 is 0 Å². The highest BCUT2D eigenvalue weighted by Gasteiger charge is 2.19. The van der Waals surface area contributed by atoms with Crippen molar-refractivity contribution in [1.29, 1.82) is 5.26 Å². The molecule has 0 saturated carbocycles. The van der Waals surface area contributed by atoms with Gasteiger partial charge in [0.25, 0.3) is 0 Å². The summed E-state index contributed by atoms with van der Waals surface area (Å²) < 4.78 is 5.34. The molecule has 2 N–H and O–H groups in total. The average molecular weight is 231 g/mol. The molecule has 1 aromatic rings. The van der Waals surface area contributed by atoms with Crippen molar-refractivity contribution in [3.63, 3.8) is 0 Å². The van der Waals surface area contributed by atoms with Gasteiger partial charge in [-0.05, 0) is 31.0 Å². The summed E-state index contributed by atoms with van der Waals surface area (Å²) in [7, 11) is 1.76. The van der Waals surface area contributed by atoms with Crippen LogP contribution in [0.25, 0.3) is 0 Å². The Morgan fingerprint density at radius 3 is 2.65 bits per heavy atom. The maximum absolute atomic E-state index is 8.83. The Hall–Kier alpha value is -1.73. The van der Waals surface area contributed by atoms with Crippen molar-refractivity contribution in [3.8, 4) is 6.07 Å². The van der Waals surface area contributed by atoms with Gasteiger partial charge in [-0.3, -0.25) is 0 Å². The van der Waals surface area contributed by atoms with Crippen LogP contribution in [0.3, 0.4) is 0 Å². The Morgan fingerprint density at radius 1 is 1.41 bits per heavy atom. The second kappa shape index (κ2) is 5.07. The minimum absolute atomic E-state index is 0.377. The van der Waals surface area contributed by atoms with Crippen molar-refractivity contribution in [2.75, 3.05) is 30.8 Å². The fraction of sp³-hybridized carbons (Fsp3) is 0.462. The Bertz CT molecular complexity index is 431. The minimum atomic E-state index is 0.377. The SMILES string of the molecule is COC1CCN(c2ccc(C#N)c(N)c2)CC1. The molecule has 4 nitrogen and oxygen atoms in total. The molecule has 0 atom stereocenters. The van der Waals surface area contributed by atoms with E-state index in [4.69, 9.17) is 15.7 Å². The Kier molecular flexibility index (Phi) is 3.50. The number of piperidine rings is 1. The third-order valence-electron chi connectivity index (χ3n) is 3.30. The predicted molar refractivity (Wildman–Crippen MR) is 67.8 cm³/mol. The molecule has 2 rings (SSSR count). The summed E-state index contributed by atoms with van der Waals surface area (Å²) in [5.74, 6) is 0. The molecule has 0 aromatic heterocycles. The van der Waals surface area contributed by atoms with E-state index in [1.54, 1.807) is 13.2 Å². The van der Waals surface area contributed by atoms with Gasteiger partial charge < -0.3 is 15.4 Å². The number of benzene rings is 1. The number of anilines is 2. The van der Waals surface area contributed by atoms with Crippen molar-refractivity contribution in [2.24, 2.45) is 0 Å². The van der Waals surface area contributed by atoms with Crippen LogP contribution < -0.4 is 10.6 Å². The smallest absolute Gasteiger partial charge is 0.101 e. The Morgan fingerprint density at radius 2 is 2.12 bits per heavy atom. The molecule has 0 aliphatic carbocycles. The molecule has 1 aliphatic heterocycles. The van der Waals surface area contributed by atoms with Crippen LogP contribution in [0.1, 0.15) is 18.4 Å². The molecule has 90 valence electrons. The van der Waals surface area contributed by atoms with Gasteiger partial charge in [-0.15, -0.1) is 0 Å². The lowest BCUT2D eigenvalue weighted by molar-refractivity contribution is 0.0819. The topological polar surface area (TPSA) is 62.3 Å². The van der Waals surface area contributed by atoms with Gasteiger partial charge in [-0.1, -0.05) is 0 Å². The van der Waals surface area contributed by atoms with E-state index < -0.39 is 0 Å². The summed E-state index contributed by atoms with van der Waals surface area (Å²) in [4.78, 5) is 2.28. The molecule has 0 radical (unpaired) electrons. The molecular formula is C13H17N3O. The molecule has 0 unspecified atom stereocenters. The van der Waals surface area contributed by atoms with E-state index in [0.717, 1.165) is 31.6 Å². The molecule has 1 aromatic carbocycles. The largest absolute Gasteiger partial charge is 0.398 e. The highest BCUT2D eigenvalue weighted by atomic mass is 16.5. The number of nitrogen functional groups attached to an aromatic ring is 1. The number of rotatable bonds is 2. The first kappa shape index (κ1) is 11.7. The lowest BCUT2D eigenvalue weighted by atomic mass is 10.1. The number of ether oxygens (including phenoxy) is 1. The fourth-order valence-corrected chi connectivity index (χ4v) is 2.20.